The summed E-state index contributed by atoms with van der Waals surface area (Å²) in [7, 11) is 3.22. The summed E-state index contributed by atoms with van der Waals surface area (Å²) in [6.07, 6.45) is 4.46. The van der Waals surface area contributed by atoms with Gasteiger partial charge in [-0.15, -0.1) is 10.2 Å². The summed E-state index contributed by atoms with van der Waals surface area (Å²) in [5, 5.41) is 11.9. The maximum atomic E-state index is 11.9. The number of benzene rings is 1. The number of hydrogen-bond donors (Lipinski definition) is 1. The Morgan fingerprint density at radius 1 is 1.13 bits per heavy atom. The Kier molecular flexibility index (Phi) is 7.07. The molecule has 0 saturated heterocycles. The Morgan fingerprint density at radius 2 is 1.87 bits per heavy atom. The summed E-state index contributed by atoms with van der Waals surface area (Å²) < 4.78 is 12.8. The largest absolute Gasteiger partial charge is 0.493 e. The van der Waals surface area contributed by atoms with Crippen LogP contribution in [0.3, 0.4) is 0 Å². The Hall–Kier alpha value is -2.90. The molecule has 1 N–H and O–H groups in total. The van der Waals surface area contributed by atoms with E-state index in [1.54, 1.807) is 14.2 Å². The Bertz CT molecular complexity index is 1030. The van der Waals surface area contributed by atoms with Crippen molar-refractivity contribution in [2.45, 2.75) is 52.9 Å². The third-order valence-corrected chi connectivity index (χ3v) is 5.54. The second kappa shape index (κ2) is 9.73. The molecule has 0 spiro atoms. The maximum absolute atomic E-state index is 11.9. The molecule has 30 heavy (non-hydrogen) atoms. The minimum absolute atomic E-state index is 0.171. The van der Waals surface area contributed by atoms with Gasteiger partial charge in [0.25, 0.3) is 0 Å². The number of nitrogens with one attached hydrogen (secondary N) is 1. The molecule has 0 amide bonds. The Morgan fingerprint density at radius 3 is 2.57 bits per heavy atom. The molecule has 0 aliphatic rings. The van der Waals surface area contributed by atoms with E-state index in [1.807, 2.05) is 30.4 Å². The smallest absolute Gasteiger partial charge is 0.204 e. The number of methoxy groups -OCH3 is 2. The molecule has 2 heterocycles. The Balaban J connectivity index is 1.73. The van der Waals surface area contributed by atoms with Gasteiger partial charge in [-0.05, 0) is 26.2 Å². The number of aryl methyl sites for hydroxylation is 1. The van der Waals surface area contributed by atoms with Gasteiger partial charge in [-0.1, -0.05) is 20.3 Å². The van der Waals surface area contributed by atoms with Crippen LogP contribution in [0.25, 0.3) is 16.7 Å². The number of aromatic nitrogens is 4. The molecule has 8 nitrogen and oxygen atoms in total. The van der Waals surface area contributed by atoms with Crippen molar-refractivity contribution >= 4 is 28.3 Å². The first-order valence-corrected chi connectivity index (χ1v) is 10.5. The molecule has 0 aliphatic heterocycles. The second-order valence-corrected chi connectivity index (χ2v) is 7.58. The van der Waals surface area contributed by atoms with E-state index in [0.29, 0.717) is 35.2 Å². The van der Waals surface area contributed by atoms with E-state index in [1.165, 1.54) is 0 Å². The Labute approximate surface area is 177 Å². The fraction of sp³-hybridized carbons (Fsp3) is 0.545. The van der Waals surface area contributed by atoms with Gasteiger partial charge in [0.05, 0.1) is 25.3 Å². The van der Waals surface area contributed by atoms with Crippen LogP contribution in [-0.2, 0) is 4.79 Å². The van der Waals surface area contributed by atoms with Crippen LogP contribution in [0, 0.1) is 12.8 Å². The lowest BCUT2D eigenvalue weighted by atomic mass is 9.99. The lowest BCUT2D eigenvalue weighted by Gasteiger charge is -2.13. The zero-order valence-electron chi connectivity index (χ0n) is 18.5. The number of ketones is 1. The highest BCUT2D eigenvalue weighted by atomic mass is 16.5. The van der Waals surface area contributed by atoms with Gasteiger partial charge < -0.3 is 14.8 Å². The lowest BCUT2D eigenvalue weighted by molar-refractivity contribution is -0.122. The molecular weight excluding hydrogens is 382 g/mol. The topological polar surface area (TPSA) is 90.6 Å². The van der Waals surface area contributed by atoms with Crippen LogP contribution in [0.2, 0.25) is 0 Å². The van der Waals surface area contributed by atoms with Gasteiger partial charge in [-0.2, -0.15) is 0 Å². The number of carbonyl (C=O) groups excluding carboxylic acids is 1. The summed E-state index contributed by atoms with van der Waals surface area (Å²) in [6, 6.07) is 3.75. The van der Waals surface area contributed by atoms with E-state index in [4.69, 9.17) is 14.5 Å². The molecule has 1 atom stereocenters. The van der Waals surface area contributed by atoms with Crippen LogP contribution in [0.1, 0.15) is 51.8 Å². The van der Waals surface area contributed by atoms with Crippen molar-refractivity contribution in [1.29, 1.82) is 0 Å². The van der Waals surface area contributed by atoms with E-state index < -0.39 is 0 Å². The van der Waals surface area contributed by atoms with E-state index in [9.17, 15) is 4.79 Å². The molecule has 0 fully saturated rings. The number of anilines is 1. The van der Waals surface area contributed by atoms with Crippen LogP contribution in [0.15, 0.2) is 12.1 Å². The van der Waals surface area contributed by atoms with E-state index in [2.05, 4.69) is 22.4 Å². The highest BCUT2D eigenvalue weighted by Gasteiger charge is 2.16. The van der Waals surface area contributed by atoms with E-state index >= 15 is 0 Å². The standard InChI is InChI=1S/C22H31N5O3/c1-6-14(2)18(28)10-8-7-9-11-23-21-22-26-25-15(3)27(22)17-13-20(30-5)19(29-4)12-16(17)24-21/h12-14H,6-11H2,1-5H3,(H,23,24). The van der Waals surface area contributed by atoms with Crippen molar-refractivity contribution < 1.29 is 14.3 Å². The van der Waals surface area contributed by atoms with Gasteiger partial charge in [0.15, 0.2) is 17.3 Å². The van der Waals surface area contributed by atoms with Crippen molar-refractivity contribution in [2.75, 3.05) is 26.1 Å². The molecule has 1 aromatic carbocycles. The molecule has 2 aromatic heterocycles. The summed E-state index contributed by atoms with van der Waals surface area (Å²) in [5.41, 5.74) is 2.31. The first-order valence-electron chi connectivity index (χ1n) is 10.5. The highest BCUT2D eigenvalue weighted by Crippen LogP contribution is 2.33. The monoisotopic (exact) mass is 413 g/mol. The molecular formula is C22H31N5O3. The maximum Gasteiger partial charge on any atom is 0.204 e. The normalized spacial score (nSPS) is 12.3. The number of ether oxygens (including phenoxy) is 2. The highest BCUT2D eigenvalue weighted by molar-refractivity contribution is 5.86. The minimum Gasteiger partial charge on any atom is -0.493 e. The number of nitrogens with zero attached hydrogens (tertiary/aromatic N) is 4. The van der Waals surface area contributed by atoms with Crippen LogP contribution in [0.5, 0.6) is 11.5 Å². The molecule has 162 valence electrons. The zero-order chi connectivity index (χ0) is 21.7. The van der Waals surface area contributed by atoms with Crippen LogP contribution in [-0.4, -0.2) is 46.1 Å². The number of rotatable bonds is 11. The summed E-state index contributed by atoms with van der Waals surface area (Å²) in [5.74, 6) is 3.26. The van der Waals surface area contributed by atoms with Crippen molar-refractivity contribution in [1.82, 2.24) is 19.6 Å². The van der Waals surface area contributed by atoms with Crippen molar-refractivity contribution in [2.24, 2.45) is 5.92 Å². The predicted octanol–water partition coefficient (Wildman–Crippen LogP) is 4.19. The molecule has 0 aliphatic carbocycles. The third-order valence-electron chi connectivity index (χ3n) is 5.54. The lowest BCUT2D eigenvalue weighted by Crippen LogP contribution is -2.10. The summed E-state index contributed by atoms with van der Waals surface area (Å²) in [6.45, 7) is 6.73. The fourth-order valence-corrected chi connectivity index (χ4v) is 3.50. The van der Waals surface area contributed by atoms with Crippen molar-refractivity contribution in [3.8, 4) is 11.5 Å². The molecule has 1 unspecified atom stereocenters. The molecule has 0 saturated carbocycles. The number of unbranched alkanes of at least 4 members (excludes halogenated alkanes) is 2. The van der Waals surface area contributed by atoms with Gasteiger partial charge >= 0.3 is 0 Å². The van der Waals surface area contributed by atoms with Crippen molar-refractivity contribution in [3.63, 3.8) is 0 Å². The molecule has 3 rings (SSSR count). The van der Waals surface area contributed by atoms with Crippen LogP contribution < -0.4 is 14.8 Å². The van der Waals surface area contributed by atoms with E-state index in [0.717, 1.165) is 49.1 Å². The average Bonchev–Trinajstić information content (AvgIpc) is 3.16. The van der Waals surface area contributed by atoms with Gasteiger partial charge in [0.2, 0.25) is 5.65 Å². The predicted molar refractivity (Wildman–Crippen MR) is 118 cm³/mol. The van der Waals surface area contributed by atoms with Gasteiger partial charge in [0.1, 0.15) is 11.6 Å². The third kappa shape index (κ3) is 4.47. The van der Waals surface area contributed by atoms with E-state index in [-0.39, 0.29) is 5.92 Å². The molecule has 8 heteroatoms. The number of fused-ring (bicyclic) bond motifs is 3. The molecule has 0 radical (unpaired) electrons. The zero-order valence-corrected chi connectivity index (χ0v) is 18.5. The quantitative estimate of drug-likeness (QED) is 0.471. The minimum atomic E-state index is 0.171. The molecule has 3 aromatic rings. The first kappa shape index (κ1) is 21.8. The number of hydrogen-bond acceptors (Lipinski definition) is 7. The first-order chi connectivity index (χ1) is 14.5. The number of Topliss-reactive ketones (excluding diaryl/α,β-unsaturated/α-hetero) is 1. The molecule has 0 bridgehead atoms. The van der Waals surface area contributed by atoms with Gasteiger partial charge in [-0.25, -0.2) is 4.98 Å². The van der Waals surface area contributed by atoms with Gasteiger partial charge in [0, 0.05) is 31.0 Å². The SMILES string of the molecule is CCC(C)C(=O)CCCCCNc1nc2cc(OC)c(OC)cc2n2c(C)nnc12. The summed E-state index contributed by atoms with van der Waals surface area (Å²) in [4.78, 5) is 16.7. The fourth-order valence-electron chi connectivity index (χ4n) is 3.50. The number of carbonyl (C=O) groups is 1. The van der Waals surface area contributed by atoms with Crippen LogP contribution >= 0.6 is 0 Å². The van der Waals surface area contributed by atoms with Gasteiger partial charge in [-0.3, -0.25) is 9.20 Å². The summed E-state index contributed by atoms with van der Waals surface area (Å²) >= 11 is 0. The van der Waals surface area contributed by atoms with Crippen molar-refractivity contribution in [3.05, 3.63) is 18.0 Å². The second-order valence-electron chi connectivity index (χ2n) is 7.58. The average molecular weight is 414 g/mol. The van der Waals surface area contributed by atoms with Crippen LogP contribution in [0.4, 0.5) is 5.82 Å².